The van der Waals surface area contributed by atoms with Gasteiger partial charge in [0, 0.05) is 11.5 Å². The van der Waals surface area contributed by atoms with Gasteiger partial charge in [0.2, 0.25) is 5.91 Å². The molecule has 1 saturated heterocycles. The van der Waals surface area contributed by atoms with E-state index in [2.05, 4.69) is 15.8 Å². The van der Waals surface area contributed by atoms with Gasteiger partial charge >= 0.3 is 0 Å². The second kappa shape index (κ2) is 6.89. The van der Waals surface area contributed by atoms with Crippen LogP contribution in [-0.2, 0) is 4.79 Å². The molecule has 0 spiro atoms. The fourth-order valence-electron chi connectivity index (χ4n) is 2.11. The molecule has 102 valence electrons. The maximum absolute atomic E-state index is 11.9. The molecule has 19 heavy (non-hydrogen) atoms. The van der Waals surface area contributed by atoms with Crippen LogP contribution >= 0.6 is 0 Å². The number of hydrogen-bond donors (Lipinski definition) is 2. The van der Waals surface area contributed by atoms with Crippen molar-refractivity contribution in [1.29, 1.82) is 0 Å². The number of rotatable bonds is 4. The van der Waals surface area contributed by atoms with Crippen LogP contribution in [0.5, 0.6) is 5.75 Å². The van der Waals surface area contributed by atoms with Gasteiger partial charge in [0.05, 0.1) is 13.3 Å². The minimum Gasteiger partial charge on any atom is -0.496 e. The summed E-state index contributed by atoms with van der Waals surface area (Å²) >= 11 is 0. The van der Waals surface area contributed by atoms with Gasteiger partial charge in [-0.2, -0.15) is 5.10 Å². The minimum atomic E-state index is -0.00681. The molecule has 1 aliphatic heterocycles. The highest BCUT2D eigenvalue weighted by Gasteiger charge is 2.20. The lowest BCUT2D eigenvalue weighted by Crippen LogP contribution is -2.36. The van der Waals surface area contributed by atoms with Crippen LogP contribution in [0.1, 0.15) is 18.4 Å². The van der Waals surface area contributed by atoms with Crippen LogP contribution in [0.2, 0.25) is 0 Å². The summed E-state index contributed by atoms with van der Waals surface area (Å²) in [5.41, 5.74) is 3.44. The van der Waals surface area contributed by atoms with E-state index in [0.29, 0.717) is 0 Å². The Morgan fingerprint density at radius 3 is 2.89 bits per heavy atom. The van der Waals surface area contributed by atoms with E-state index in [1.165, 1.54) is 0 Å². The second-order valence-electron chi connectivity index (χ2n) is 4.50. The molecule has 1 aliphatic rings. The van der Waals surface area contributed by atoms with Crippen molar-refractivity contribution in [2.45, 2.75) is 12.8 Å². The van der Waals surface area contributed by atoms with Crippen LogP contribution < -0.4 is 15.5 Å². The van der Waals surface area contributed by atoms with Crippen LogP contribution in [0.3, 0.4) is 0 Å². The Morgan fingerprint density at radius 2 is 2.16 bits per heavy atom. The van der Waals surface area contributed by atoms with Gasteiger partial charge in [-0.05, 0) is 38.1 Å². The summed E-state index contributed by atoms with van der Waals surface area (Å²) < 4.78 is 5.21. The quantitative estimate of drug-likeness (QED) is 0.631. The van der Waals surface area contributed by atoms with Crippen LogP contribution in [-0.4, -0.2) is 32.3 Å². The molecule has 1 aromatic rings. The smallest absolute Gasteiger partial charge is 0.243 e. The van der Waals surface area contributed by atoms with Crippen molar-refractivity contribution in [3.63, 3.8) is 0 Å². The highest BCUT2D eigenvalue weighted by molar-refractivity contribution is 5.85. The predicted octanol–water partition coefficient (Wildman–Crippen LogP) is 1.14. The molecular weight excluding hydrogens is 242 g/mol. The third-order valence-electron chi connectivity index (χ3n) is 3.23. The van der Waals surface area contributed by atoms with E-state index in [1.807, 2.05) is 24.3 Å². The van der Waals surface area contributed by atoms with Gasteiger partial charge in [0.15, 0.2) is 0 Å². The van der Waals surface area contributed by atoms with Crippen LogP contribution in [0, 0.1) is 5.92 Å². The number of para-hydroxylation sites is 1. The lowest BCUT2D eigenvalue weighted by Gasteiger charge is -2.20. The number of amides is 1. The molecule has 2 rings (SSSR count). The van der Waals surface area contributed by atoms with Crippen molar-refractivity contribution in [2.75, 3.05) is 20.2 Å². The first-order valence-electron chi connectivity index (χ1n) is 6.48. The number of hydrogen-bond acceptors (Lipinski definition) is 4. The average molecular weight is 261 g/mol. The lowest BCUT2D eigenvalue weighted by molar-refractivity contribution is -0.125. The van der Waals surface area contributed by atoms with Gasteiger partial charge in [-0.15, -0.1) is 0 Å². The SMILES string of the molecule is COc1ccccc1/C=N/NC(=O)C1CCNCC1. The zero-order valence-corrected chi connectivity index (χ0v) is 11.1. The molecule has 5 nitrogen and oxygen atoms in total. The molecule has 1 amide bonds. The third kappa shape index (κ3) is 3.79. The first kappa shape index (κ1) is 13.5. The van der Waals surface area contributed by atoms with E-state index in [-0.39, 0.29) is 11.8 Å². The number of nitrogens with zero attached hydrogens (tertiary/aromatic N) is 1. The second-order valence-corrected chi connectivity index (χ2v) is 4.50. The Hall–Kier alpha value is -1.88. The molecule has 5 heteroatoms. The highest BCUT2D eigenvalue weighted by atomic mass is 16.5. The fraction of sp³-hybridized carbons (Fsp3) is 0.429. The molecule has 0 radical (unpaired) electrons. The lowest BCUT2D eigenvalue weighted by atomic mass is 9.98. The van der Waals surface area contributed by atoms with Crippen molar-refractivity contribution >= 4 is 12.1 Å². The van der Waals surface area contributed by atoms with E-state index < -0.39 is 0 Å². The van der Waals surface area contributed by atoms with Crippen molar-refractivity contribution in [1.82, 2.24) is 10.7 Å². The molecule has 1 fully saturated rings. The van der Waals surface area contributed by atoms with Crippen LogP contribution in [0.4, 0.5) is 0 Å². The monoisotopic (exact) mass is 261 g/mol. The summed E-state index contributed by atoms with van der Waals surface area (Å²) in [6.45, 7) is 1.79. The summed E-state index contributed by atoms with van der Waals surface area (Å²) in [7, 11) is 1.61. The van der Waals surface area contributed by atoms with E-state index >= 15 is 0 Å². The molecule has 0 aromatic heterocycles. The number of carbonyl (C=O) groups excluding carboxylic acids is 1. The normalized spacial score (nSPS) is 16.5. The molecule has 0 atom stereocenters. The maximum Gasteiger partial charge on any atom is 0.243 e. The molecule has 1 heterocycles. The van der Waals surface area contributed by atoms with Crippen molar-refractivity contribution in [3.8, 4) is 5.75 Å². The van der Waals surface area contributed by atoms with Gasteiger partial charge in [0.1, 0.15) is 5.75 Å². The third-order valence-corrected chi connectivity index (χ3v) is 3.23. The van der Waals surface area contributed by atoms with Gasteiger partial charge in [-0.1, -0.05) is 12.1 Å². The van der Waals surface area contributed by atoms with Crippen molar-refractivity contribution in [2.24, 2.45) is 11.0 Å². The van der Waals surface area contributed by atoms with Gasteiger partial charge in [-0.3, -0.25) is 4.79 Å². The number of benzene rings is 1. The maximum atomic E-state index is 11.9. The summed E-state index contributed by atoms with van der Waals surface area (Å²) in [6, 6.07) is 7.54. The van der Waals surface area contributed by atoms with Gasteiger partial charge in [0.25, 0.3) is 0 Å². The Balaban J connectivity index is 1.90. The Labute approximate surface area is 113 Å². The van der Waals surface area contributed by atoms with Crippen molar-refractivity contribution < 1.29 is 9.53 Å². The zero-order chi connectivity index (χ0) is 13.5. The summed E-state index contributed by atoms with van der Waals surface area (Å²) in [5.74, 6) is 0.797. The number of nitrogens with one attached hydrogen (secondary N) is 2. The van der Waals surface area contributed by atoms with Crippen molar-refractivity contribution in [3.05, 3.63) is 29.8 Å². The number of methoxy groups -OCH3 is 1. The van der Waals surface area contributed by atoms with Crippen LogP contribution in [0.25, 0.3) is 0 Å². The largest absolute Gasteiger partial charge is 0.496 e. The molecule has 0 aliphatic carbocycles. The molecule has 0 bridgehead atoms. The highest BCUT2D eigenvalue weighted by Crippen LogP contribution is 2.15. The molecular formula is C14H19N3O2. The Morgan fingerprint density at radius 1 is 1.42 bits per heavy atom. The van der Waals surface area contributed by atoms with E-state index in [1.54, 1.807) is 13.3 Å². The standard InChI is InChI=1S/C14H19N3O2/c1-19-13-5-3-2-4-12(13)10-16-17-14(18)11-6-8-15-9-7-11/h2-5,10-11,15H,6-9H2,1H3,(H,17,18)/b16-10+. The number of hydrazone groups is 1. The van der Waals surface area contributed by atoms with Gasteiger partial charge < -0.3 is 10.1 Å². The first-order chi connectivity index (χ1) is 9.31. The van der Waals surface area contributed by atoms with Gasteiger partial charge in [-0.25, -0.2) is 5.43 Å². The Kier molecular flexibility index (Phi) is 4.92. The topological polar surface area (TPSA) is 62.7 Å². The predicted molar refractivity (Wildman–Crippen MR) is 74.3 cm³/mol. The molecule has 2 N–H and O–H groups in total. The summed E-state index contributed by atoms with van der Waals surface area (Å²) in [6.07, 6.45) is 3.35. The first-order valence-corrected chi connectivity index (χ1v) is 6.48. The fourth-order valence-corrected chi connectivity index (χ4v) is 2.11. The summed E-state index contributed by atoms with van der Waals surface area (Å²) in [4.78, 5) is 11.9. The molecule has 1 aromatic carbocycles. The minimum absolute atomic E-state index is 0.00681. The summed E-state index contributed by atoms with van der Waals surface area (Å²) in [5, 5.41) is 7.23. The van der Waals surface area contributed by atoms with E-state index in [4.69, 9.17) is 4.74 Å². The van der Waals surface area contributed by atoms with E-state index in [9.17, 15) is 4.79 Å². The van der Waals surface area contributed by atoms with E-state index in [0.717, 1.165) is 37.2 Å². The zero-order valence-electron chi connectivity index (χ0n) is 11.1. The average Bonchev–Trinajstić information content (AvgIpc) is 2.48. The molecule has 0 unspecified atom stereocenters. The molecule has 0 saturated carbocycles. The Bertz CT molecular complexity index is 454. The number of ether oxygens (including phenoxy) is 1. The number of carbonyl (C=O) groups is 1. The number of piperidine rings is 1. The van der Waals surface area contributed by atoms with Crippen LogP contribution in [0.15, 0.2) is 29.4 Å².